The summed E-state index contributed by atoms with van der Waals surface area (Å²) in [6.45, 7) is 2.69. The van der Waals surface area contributed by atoms with Gasteiger partial charge in [-0.25, -0.2) is 0 Å². The number of hydrogen-bond acceptors (Lipinski definition) is 5. The lowest BCUT2D eigenvalue weighted by molar-refractivity contribution is 0.294. The van der Waals surface area contributed by atoms with Crippen LogP contribution in [0.4, 0.5) is 0 Å². The Hall–Kier alpha value is -5.00. The van der Waals surface area contributed by atoms with Gasteiger partial charge in [0.1, 0.15) is 11.5 Å². The van der Waals surface area contributed by atoms with Crippen molar-refractivity contribution in [2.45, 2.75) is 77.0 Å². The fraction of sp³-hybridized carbons (Fsp3) is 0.364. The molecule has 1 aliphatic heterocycles. The summed E-state index contributed by atoms with van der Waals surface area (Å²) in [6, 6.07) is 28.1. The first-order valence-electron chi connectivity index (χ1n) is 18.0. The molecule has 0 unspecified atom stereocenters. The second kappa shape index (κ2) is 18.5. The zero-order valence-corrected chi connectivity index (χ0v) is 28.4. The molecule has 0 spiro atoms. The van der Waals surface area contributed by atoms with Crippen LogP contribution in [0.25, 0.3) is 21.9 Å². The van der Waals surface area contributed by atoms with Gasteiger partial charge < -0.3 is 23.4 Å². The van der Waals surface area contributed by atoms with Crippen LogP contribution in [0.5, 0.6) is 23.0 Å². The lowest BCUT2D eigenvalue weighted by atomic mass is 10.1. The van der Waals surface area contributed by atoms with Crippen LogP contribution in [0.1, 0.15) is 88.2 Å². The van der Waals surface area contributed by atoms with Gasteiger partial charge in [-0.05, 0) is 85.8 Å². The number of rotatable bonds is 0. The van der Waals surface area contributed by atoms with Gasteiger partial charge in [0.15, 0.2) is 22.7 Å². The van der Waals surface area contributed by atoms with Crippen molar-refractivity contribution in [3.05, 3.63) is 96.1 Å². The Balaban J connectivity index is 1.08. The minimum Gasteiger partial charge on any atom is -0.492 e. The number of furan rings is 1. The van der Waals surface area contributed by atoms with E-state index in [4.69, 9.17) is 23.4 Å². The SMILES string of the molecule is C1#Cc2ccccc2OCCCCCCCCOc2cccc3c2oc2c(cccc23)OCCCCCCCCOc2ccccc2C#C1. The summed E-state index contributed by atoms with van der Waals surface area (Å²) in [6.07, 6.45) is 13.3. The normalized spacial score (nSPS) is 15.9. The molecule has 2 bridgehead atoms. The number of benzene rings is 4. The molecule has 5 aromatic rings. The van der Waals surface area contributed by atoms with Crippen molar-refractivity contribution in [2.24, 2.45) is 0 Å². The molecule has 0 fully saturated rings. The Labute approximate surface area is 290 Å². The predicted molar refractivity (Wildman–Crippen MR) is 198 cm³/mol. The standard InChI is InChI=1S/C44H46O5/c1-3-7-17-33-47-41-29-19-25-37-38-26-20-30-42(44(38)49-43(37)41)48-34-18-8-4-2-6-16-32-46-40-28-14-12-24-36(40)22-10-9-21-35-23-11-13-27-39(35)45-31-15-5-1/h11-14,19-20,23-30H,1-8,15-18,31-34H2. The van der Waals surface area contributed by atoms with E-state index in [-0.39, 0.29) is 0 Å². The molecule has 0 radical (unpaired) electrons. The van der Waals surface area contributed by atoms with E-state index in [9.17, 15) is 0 Å². The molecule has 2 heterocycles. The summed E-state index contributed by atoms with van der Waals surface area (Å²) in [4.78, 5) is 0. The van der Waals surface area contributed by atoms with Crippen LogP contribution in [0.3, 0.4) is 0 Å². The molecule has 0 saturated heterocycles. The van der Waals surface area contributed by atoms with E-state index in [2.05, 4.69) is 35.8 Å². The predicted octanol–water partition coefficient (Wildman–Crippen LogP) is 10.9. The average Bonchev–Trinajstić information content (AvgIpc) is 3.52. The maximum absolute atomic E-state index is 6.39. The second-order valence-corrected chi connectivity index (χ2v) is 12.5. The van der Waals surface area contributed by atoms with Gasteiger partial charge in [-0.3, -0.25) is 0 Å². The second-order valence-electron chi connectivity index (χ2n) is 12.5. The average molecular weight is 655 g/mol. The van der Waals surface area contributed by atoms with Gasteiger partial charge in [0, 0.05) is 10.8 Å². The molecule has 49 heavy (non-hydrogen) atoms. The molecule has 0 amide bonds. The first-order valence-corrected chi connectivity index (χ1v) is 18.0. The van der Waals surface area contributed by atoms with E-state index < -0.39 is 0 Å². The first-order chi connectivity index (χ1) is 24.4. The van der Waals surface area contributed by atoms with Crippen LogP contribution in [-0.4, -0.2) is 26.4 Å². The molecule has 5 nitrogen and oxygen atoms in total. The maximum atomic E-state index is 6.39. The summed E-state index contributed by atoms with van der Waals surface area (Å²) < 4.78 is 31.1. The van der Waals surface area contributed by atoms with E-state index in [0.29, 0.717) is 26.4 Å². The highest BCUT2D eigenvalue weighted by molar-refractivity contribution is 6.08. The molecular formula is C44H46O5. The molecule has 1 aliphatic rings. The number of hydrogen-bond donors (Lipinski definition) is 0. The van der Waals surface area contributed by atoms with Crippen molar-refractivity contribution in [3.63, 3.8) is 0 Å². The Bertz CT molecular complexity index is 1780. The van der Waals surface area contributed by atoms with Crippen LogP contribution < -0.4 is 18.9 Å². The summed E-state index contributed by atoms with van der Waals surface area (Å²) in [5.41, 5.74) is 3.30. The van der Waals surface area contributed by atoms with Gasteiger partial charge in [0.05, 0.1) is 37.6 Å². The number of fused-ring (bicyclic) bond motifs is 3. The Morgan fingerprint density at radius 1 is 0.347 bits per heavy atom. The highest BCUT2D eigenvalue weighted by atomic mass is 16.5. The van der Waals surface area contributed by atoms with E-state index in [1.54, 1.807) is 0 Å². The molecule has 0 N–H and O–H groups in total. The van der Waals surface area contributed by atoms with Crippen LogP contribution in [-0.2, 0) is 0 Å². The third-order valence-electron chi connectivity index (χ3n) is 8.79. The molecule has 5 heteroatoms. The maximum Gasteiger partial charge on any atom is 0.177 e. The van der Waals surface area contributed by atoms with Gasteiger partial charge in [0.2, 0.25) is 0 Å². The van der Waals surface area contributed by atoms with Gasteiger partial charge in [-0.1, -0.05) is 99.9 Å². The van der Waals surface area contributed by atoms with Crippen molar-refractivity contribution in [1.29, 1.82) is 0 Å². The monoisotopic (exact) mass is 654 g/mol. The third kappa shape index (κ3) is 9.77. The topological polar surface area (TPSA) is 50.1 Å². The van der Waals surface area contributed by atoms with Crippen molar-refractivity contribution in [2.75, 3.05) is 26.4 Å². The molecule has 0 aliphatic carbocycles. The van der Waals surface area contributed by atoms with Crippen LogP contribution in [0.15, 0.2) is 89.3 Å². The molecule has 252 valence electrons. The van der Waals surface area contributed by atoms with E-state index in [0.717, 1.165) is 107 Å². The molecule has 0 atom stereocenters. The lowest BCUT2D eigenvalue weighted by Gasteiger charge is -2.08. The van der Waals surface area contributed by atoms with Crippen molar-refractivity contribution >= 4 is 21.9 Å². The minimum absolute atomic E-state index is 0.671. The Morgan fingerprint density at radius 2 is 0.694 bits per heavy atom. The van der Waals surface area contributed by atoms with Gasteiger partial charge in [-0.15, -0.1) is 0 Å². The molecule has 6 rings (SSSR count). The zero-order valence-electron chi connectivity index (χ0n) is 28.4. The zero-order chi connectivity index (χ0) is 33.4. The summed E-state index contributed by atoms with van der Waals surface area (Å²) in [5, 5.41) is 2.12. The summed E-state index contributed by atoms with van der Waals surface area (Å²) >= 11 is 0. The first kappa shape index (κ1) is 33.9. The molecule has 4 aromatic carbocycles. The van der Waals surface area contributed by atoms with Crippen molar-refractivity contribution in [3.8, 4) is 46.7 Å². The lowest BCUT2D eigenvalue weighted by Crippen LogP contribution is -1.99. The third-order valence-corrected chi connectivity index (χ3v) is 8.79. The Morgan fingerprint density at radius 3 is 1.12 bits per heavy atom. The van der Waals surface area contributed by atoms with E-state index in [1.807, 2.05) is 72.8 Å². The van der Waals surface area contributed by atoms with Gasteiger partial charge >= 0.3 is 0 Å². The summed E-state index contributed by atoms with van der Waals surface area (Å²) in [7, 11) is 0. The smallest absolute Gasteiger partial charge is 0.177 e. The Kier molecular flexibility index (Phi) is 12.8. The van der Waals surface area contributed by atoms with Crippen LogP contribution >= 0.6 is 0 Å². The van der Waals surface area contributed by atoms with Crippen LogP contribution in [0.2, 0.25) is 0 Å². The quantitative estimate of drug-likeness (QED) is 0.156. The molecule has 0 saturated carbocycles. The van der Waals surface area contributed by atoms with Crippen LogP contribution in [0, 0.1) is 23.7 Å². The summed E-state index contributed by atoms with van der Waals surface area (Å²) in [5.74, 6) is 15.6. The fourth-order valence-electron chi connectivity index (χ4n) is 6.14. The highest BCUT2D eigenvalue weighted by Crippen LogP contribution is 2.38. The largest absolute Gasteiger partial charge is 0.492 e. The van der Waals surface area contributed by atoms with E-state index in [1.165, 1.54) is 25.7 Å². The molecular weight excluding hydrogens is 608 g/mol. The number of ether oxygens (including phenoxy) is 4. The molecule has 1 aromatic heterocycles. The van der Waals surface area contributed by atoms with Crippen molar-refractivity contribution in [1.82, 2.24) is 0 Å². The van der Waals surface area contributed by atoms with Gasteiger partial charge in [-0.2, -0.15) is 0 Å². The van der Waals surface area contributed by atoms with Crippen molar-refractivity contribution < 1.29 is 23.4 Å². The van der Waals surface area contributed by atoms with E-state index >= 15 is 0 Å². The van der Waals surface area contributed by atoms with Gasteiger partial charge in [0.25, 0.3) is 0 Å². The minimum atomic E-state index is 0.671. The fourth-order valence-corrected chi connectivity index (χ4v) is 6.14. The number of para-hydroxylation sites is 4. The highest BCUT2D eigenvalue weighted by Gasteiger charge is 2.15.